The molecular weight excluding hydrogens is 390 g/mol. The second kappa shape index (κ2) is 9.07. The van der Waals surface area contributed by atoms with E-state index in [1.165, 1.54) is 20.2 Å². The van der Waals surface area contributed by atoms with Crippen LogP contribution in [0.2, 0.25) is 5.02 Å². The van der Waals surface area contributed by atoms with Gasteiger partial charge in [-0.2, -0.15) is 0 Å². The summed E-state index contributed by atoms with van der Waals surface area (Å²) in [7, 11) is -0.790. The Hall–Kier alpha value is -2.29. The molecule has 2 rings (SSSR count). The molecule has 2 N–H and O–H groups in total. The molecule has 0 bridgehead atoms. The second-order valence-corrected chi connectivity index (χ2v) is 8.35. The first-order chi connectivity index (χ1) is 12.7. The standard InChI is InChI=1S/C18H22ClN3O4S/c1-4-26-16-10-9-15(11-17(16)27(24,25)22(2)3)20-12-18(23)21-14-7-5-13(19)6-8-14/h5-11,20H,4,12H2,1-3H3,(H,21,23). The Labute approximate surface area is 164 Å². The number of nitrogens with zero attached hydrogens (tertiary/aromatic N) is 1. The highest BCUT2D eigenvalue weighted by Gasteiger charge is 2.23. The van der Waals surface area contributed by atoms with Crippen LogP contribution in [0.25, 0.3) is 0 Å². The van der Waals surface area contributed by atoms with Gasteiger partial charge in [0.05, 0.1) is 13.2 Å². The highest BCUT2D eigenvalue weighted by molar-refractivity contribution is 7.89. The van der Waals surface area contributed by atoms with Crippen LogP contribution < -0.4 is 15.4 Å². The number of halogens is 1. The third kappa shape index (κ3) is 5.59. The second-order valence-electron chi connectivity index (χ2n) is 5.79. The summed E-state index contributed by atoms with van der Waals surface area (Å²) in [5.74, 6) is -0.00871. The molecule has 9 heteroatoms. The molecule has 7 nitrogen and oxygen atoms in total. The summed E-state index contributed by atoms with van der Waals surface area (Å²) in [6, 6.07) is 11.4. The van der Waals surface area contributed by atoms with Crippen molar-refractivity contribution in [3.63, 3.8) is 0 Å². The first kappa shape index (κ1) is 21.0. The molecule has 2 aromatic rings. The van der Waals surface area contributed by atoms with Crippen LogP contribution in [0.4, 0.5) is 11.4 Å². The van der Waals surface area contributed by atoms with Gasteiger partial charge in [-0.1, -0.05) is 11.6 Å². The molecule has 0 aromatic heterocycles. The Morgan fingerprint density at radius 2 is 1.74 bits per heavy atom. The molecule has 0 aliphatic rings. The van der Waals surface area contributed by atoms with Crippen LogP contribution in [0.1, 0.15) is 6.92 Å². The number of ether oxygens (including phenoxy) is 1. The van der Waals surface area contributed by atoms with E-state index in [1.54, 1.807) is 43.3 Å². The molecule has 0 spiro atoms. The number of hydrogen-bond donors (Lipinski definition) is 2. The summed E-state index contributed by atoms with van der Waals surface area (Å²) >= 11 is 5.81. The van der Waals surface area contributed by atoms with E-state index in [-0.39, 0.29) is 23.1 Å². The van der Waals surface area contributed by atoms with Crippen LogP contribution in [0.15, 0.2) is 47.4 Å². The van der Waals surface area contributed by atoms with Gasteiger partial charge in [-0.15, -0.1) is 0 Å². The summed E-state index contributed by atoms with van der Waals surface area (Å²) in [6.07, 6.45) is 0. The van der Waals surface area contributed by atoms with Crippen molar-refractivity contribution in [3.05, 3.63) is 47.5 Å². The highest BCUT2D eigenvalue weighted by atomic mass is 35.5. The first-order valence-electron chi connectivity index (χ1n) is 8.22. The Morgan fingerprint density at radius 3 is 2.33 bits per heavy atom. The van der Waals surface area contributed by atoms with E-state index >= 15 is 0 Å². The molecule has 0 unspecified atom stereocenters. The summed E-state index contributed by atoms with van der Waals surface area (Å²) < 4.78 is 31.6. The molecule has 0 radical (unpaired) electrons. The minimum Gasteiger partial charge on any atom is -0.492 e. The van der Waals surface area contributed by atoms with Crippen molar-refractivity contribution in [2.24, 2.45) is 0 Å². The van der Waals surface area contributed by atoms with Crippen LogP contribution in [0.5, 0.6) is 5.75 Å². The fourth-order valence-corrected chi connectivity index (χ4v) is 3.39. The van der Waals surface area contributed by atoms with Crippen LogP contribution >= 0.6 is 11.6 Å². The number of carbonyl (C=O) groups excluding carboxylic acids is 1. The van der Waals surface area contributed by atoms with Crippen molar-refractivity contribution in [2.75, 3.05) is 37.9 Å². The van der Waals surface area contributed by atoms with E-state index in [9.17, 15) is 13.2 Å². The maximum atomic E-state index is 12.5. The smallest absolute Gasteiger partial charge is 0.246 e. The lowest BCUT2D eigenvalue weighted by molar-refractivity contribution is -0.114. The molecule has 1 amide bonds. The van der Waals surface area contributed by atoms with E-state index in [0.29, 0.717) is 23.0 Å². The maximum absolute atomic E-state index is 12.5. The summed E-state index contributed by atoms with van der Waals surface area (Å²) in [5, 5.41) is 6.22. The maximum Gasteiger partial charge on any atom is 0.246 e. The first-order valence-corrected chi connectivity index (χ1v) is 10.0. The number of rotatable bonds is 8. The zero-order chi connectivity index (χ0) is 20.0. The Balaban J connectivity index is 2.12. The van der Waals surface area contributed by atoms with Crippen LogP contribution in [0, 0.1) is 0 Å². The Morgan fingerprint density at radius 1 is 1.11 bits per heavy atom. The number of amides is 1. The number of hydrogen-bond acceptors (Lipinski definition) is 5. The fourth-order valence-electron chi connectivity index (χ4n) is 2.21. The Kier molecular flexibility index (Phi) is 7.06. The van der Waals surface area contributed by atoms with Crippen molar-refractivity contribution in [1.82, 2.24) is 4.31 Å². The molecule has 0 heterocycles. The largest absolute Gasteiger partial charge is 0.492 e. The quantitative estimate of drug-likeness (QED) is 0.697. The Bertz CT molecular complexity index is 899. The average Bonchev–Trinajstić information content (AvgIpc) is 2.62. The molecule has 0 aliphatic heterocycles. The summed E-state index contributed by atoms with van der Waals surface area (Å²) in [4.78, 5) is 12.1. The van der Waals surface area contributed by atoms with Gasteiger partial charge in [0.25, 0.3) is 0 Å². The molecule has 0 saturated heterocycles. The zero-order valence-corrected chi connectivity index (χ0v) is 16.9. The lowest BCUT2D eigenvalue weighted by Crippen LogP contribution is -2.24. The van der Waals surface area contributed by atoms with Gasteiger partial charge >= 0.3 is 0 Å². The number of nitrogens with one attached hydrogen (secondary N) is 2. The molecule has 27 heavy (non-hydrogen) atoms. The topological polar surface area (TPSA) is 87.7 Å². The van der Waals surface area contributed by atoms with Crippen molar-refractivity contribution < 1.29 is 17.9 Å². The third-order valence-corrected chi connectivity index (χ3v) is 5.67. The predicted octanol–water partition coefficient (Wildman–Crippen LogP) is 3.04. The van der Waals surface area contributed by atoms with E-state index < -0.39 is 10.0 Å². The van der Waals surface area contributed by atoms with Crippen LogP contribution in [-0.4, -0.2) is 45.9 Å². The van der Waals surface area contributed by atoms with Gasteiger partial charge in [-0.3, -0.25) is 4.79 Å². The van der Waals surface area contributed by atoms with Gasteiger partial charge < -0.3 is 15.4 Å². The molecule has 2 aromatic carbocycles. The van der Waals surface area contributed by atoms with Gasteiger partial charge in [0.15, 0.2) is 0 Å². The normalized spacial score (nSPS) is 11.3. The van der Waals surface area contributed by atoms with E-state index in [1.807, 2.05) is 0 Å². The van der Waals surface area contributed by atoms with Crippen molar-refractivity contribution in [3.8, 4) is 5.75 Å². The van der Waals surface area contributed by atoms with Gasteiger partial charge in [0.1, 0.15) is 10.6 Å². The number of benzene rings is 2. The SMILES string of the molecule is CCOc1ccc(NCC(=O)Nc2ccc(Cl)cc2)cc1S(=O)(=O)N(C)C. The van der Waals surface area contributed by atoms with Gasteiger partial charge in [-0.25, -0.2) is 12.7 Å². The van der Waals surface area contributed by atoms with Crippen molar-refractivity contribution >= 4 is 38.9 Å². The highest BCUT2D eigenvalue weighted by Crippen LogP contribution is 2.29. The number of sulfonamides is 1. The van der Waals surface area contributed by atoms with E-state index in [4.69, 9.17) is 16.3 Å². The lowest BCUT2D eigenvalue weighted by atomic mass is 10.3. The van der Waals surface area contributed by atoms with Gasteiger partial charge in [0, 0.05) is 30.5 Å². The van der Waals surface area contributed by atoms with Gasteiger partial charge in [-0.05, 0) is 49.4 Å². The van der Waals surface area contributed by atoms with Crippen LogP contribution in [-0.2, 0) is 14.8 Å². The van der Waals surface area contributed by atoms with Crippen molar-refractivity contribution in [1.29, 1.82) is 0 Å². The number of anilines is 2. The molecule has 0 aliphatic carbocycles. The van der Waals surface area contributed by atoms with Crippen molar-refractivity contribution in [2.45, 2.75) is 11.8 Å². The van der Waals surface area contributed by atoms with E-state index in [0.717, 1.165) is 4.31 Å². The predicted molar refractivity (Wildman–Crippen MR) is 107 cm³/mol. The minimum atomic E-state index is -3.69. The number of carbonyl (C=O) groups is 1. The average molecular weight is 412 g/mol. The van der Waals surface area contributed by atoms with Gasteiger partial charge in [0.2, 0.25) is 15.9 Å². The summed E-state index contributed by atoms with van der Waals surface area (Å²) in [5.41, 5.74) is 1.11. The fraction of sp³-hybridized carbons (Fsp3) is 0.278. The van der Waals surface area contributed by atoms with E-state index in [2.05, 4.69) is 10.6 Å². The third-order valence-electron chi connectivity index (χ3n) is 3.58. The molecular formula is C18H22ClN3O4S. The minimum absolute atomic E-state index is 0.0297. The summed E-state index contributed by atoms with van der Waals surface area (Å²) in [6.45, 7) is 2.09. The zero-order valence-electron chi connectivity index (χ0n) is 15.3. The molecule has 146 valence electrons. The lowest BCUT2D eigenvalue weighted by Gasteiger charge is -2.17. The molecule has 0 saturated carbocycles. The van der Waals surface area contributed by atoms with Crippen LogP contribution in [0.3, 0.4) is 0 Å². The molecule has 0 atom stereocenters. The molecule has 0 fully saturated rings. The monoisotopic (exact) mass is 411 g/mol.